The van der Waals surface area contributed by atoms with Gasteiger partial charge in [0, 0.05) is 0 Å². The van der Waals surface area contributed by atoms with E-state index in [0.29, 0.717) is 17.5 Å². The summed E-state index contributed by atoms with van der Waals surface area (Å²) in [5.74, 6) is 3.78. The molecule has 3 aliphatic rings. The molecular weight excluding hydrogens is 422 g/mol. The van der Waals surface area contributed by atoms with E-state index in [2.05, 4.69) is 6.92 Å². The zero-order valence-corrected chi connectivity index (χ0v) is 22.1. The van der Waals surface area contributed by atoms with Crippen LogP contribution in [0, 0.1) is 41.2 Å². The van der Waals surface area contributed by atoms with Gasteiger partial charge in [0.2, 0.25) is 0 Å². The van der Waals surface area contributed by atoms with E-state index in [1.807, 2.05) is 19.1 Å². The number of hydrogen-bond acceptors (Lipinski definition) is 0. The standard InChI is InChI=1S/C32H50F2/c1-3-5-23-7-9-24(10-8-23)11-12-25-13-15-26(16-14-25)27-17-19-28(20-18-27)30-22-21-29(6-4-2)31(33)32(30)34/h21-28H,3-20H2,1-2H3. The average Bonchev–Trinajstić information content (AvgIpc) is 2.87. The Kier molecular flexibility index (Phi) is 9.89. The average molecular weight is 473 g/mol. The Hall–Kier alpha value is -0.920. The summed E-state index contributed by atoms with van der Waals surface area (Å²) >= 11 is 0. The van der Waals surface area contributed by atoms with Gasteiger partial charge in [0.25, 0.3) is 0 Å². The summed E-state index contributed by atoms with van der Waals surface area (Å²) in [4.78, 5) is 0. The summed E-state index contributed by atoms with van der Waals surface area (Å²) < 4.78 is 29.2. The zero-order valence-electron chi connectivity index (χ0n) is 22.1. The van der Waals surface area contributed by atoms with Crippen LogP contribution in [0.4, 0.5) is 8.78 Å². The van der Waals surface area contributed by atoms with Crippen molar-refractivity contribution in [2.24, 2.45) is 29.6 Å². The molecule has 3 fully saturated rings. The van der Waals surface area contributed by atoms with Crippen molar-refractivity contribution in [3.63, 3.8) is 0 Å². The lowest BCUT2D eigenvalue weighted by atomic mass is 9.67. The molecule has 0 bridgehead atoms. The number of rotatable bonds is 9. The van der Waals surface area contributed by atoms with Crippen molar-refractivity contribution in [1.82, 2.24) is 0 Å². The van der Waals surface area contributed by atoms with Gasteiger partial charge in [0.15, 0.2) is 11.6 Å². The minimum Gasteiger partial charge on any atom is -0.203 e. The number of halogens is 2. The number of hydrogen-bond donors (Lipinski definition) is 0. The fourth-order valence-electron chi connectivity index (χ4n) is 7.92. The monoisotopic (exact) mass is 472 g/mol. The van der Waals surface area contributed by atoms with Crippen molar-refractivity contribution in [1.29, 1.82) is 0 Å². The molecule has 0 atom stereocenters. The summed E-state index contributed by atoms with van der Waals surface area (Å²) in [6.07, 6.45) is 23.4. The molecule has 3 saturated carbocycles. The van der Waals surface area contributed by atoms with Crippen LogP contribution in [-0.2, 0) is 6.42 Å². The molecule has 0 nitrogen and oxygen atoms in total. The van der Waals surface area contributed by atoms with E-state index < -0.39 is 11.6 Å². The van der Waals surface area contributed by atoms with Crippen molar-refractivity contribution < 1.29 is 8.78 Å². The van der Waals surface area contributed by atoms with Crippen molar-refractivity contribution >= 4 is 0 Å². The van der Waals surface area contributed by atoms with Crippen LogP contribution in [-0.4, -0.2) is 0 Å². The molecular formula is C32H50F2. The van der Waals surface area contributed by atoms with Crippen molar-refractivity contribution in [2.45, 2.75) is 135 Å². The third kappa shape index (κ3) is 6.64. The Morgan fingerprint density at radius 3 is 1.62 bits per heavy atom. The van der Waals surface area contributed by atoms with E-state index in [1.165, 1.54) is 89.9 Å². The van der Waals surface area contributed by atoms with E-state index in [0.717, 1.165) is 48.9 Å². The maximum atomic E-state index is 14.8. The lowest BCUT2D eigenvalue weighted by Crippen LogP contribution is -2.26. The maximum Gasteiger partial charge on any atom is 0.162 e. The van der Waals surface area contributed by atoms with Gasteiger partial charge in [-0.25, -0.2) is 8.78 Å². The number of benzene rings is 1. The predicted molar refractivity (Wildman–Crippen MR) is 140 cm³/mol. The second-order valence-electron chi connectivity index (χ2n) is 12.3. The van der Waals surface area contributed by atoms with E-state index in [1.54, 1.807) is 0 Å². The summed E-state index contributed by atoms with van der Waals surface area (Å²) in [6, 6.07) is 3.72. The third-order valence-corrected chi connectivity index (χ3v) is 10.1. The summed E-state index contributed by atoms with van der Waals surface area (Å²) in [6.45, 7) is 4.35. The number of aryl methyl sites for hydroxylation is 1. The molecule has 0 amide bonds. The van der Waals surface area contributed by atoms with Crippen LogP contribution in [0.15, 0.2) is 12.1 Å². The van der Waals surface area contributed by atoms with Gasteiger partial charge >= 0.3 is 0 Å². The molecule has 2 heteroatoms. The van der Waals surface area contributed by atoms with E-state index in [9.17, 15) is 8.78 Å². The van der Waals surface area contributed by atoms with Crippen LogP contribution < -0.4 is 0 Å². The van der Waals surface area contributed by atoms with Crippen molar-refractivity contribution in [3.05, 3.63) is 34.9 Å². The highest BCUT2D eigenvalue weighted by Crippen LogP contribution is 2.45. The fourth-order valence-corrected chi connectivity index (χ4v) is 7.92. The second kappa shape index (κ2) is 12.9. The molecule has 0 radical (unpaired) electrons. The minimum atomic E-state index is -0.589. The highest BCUT2D eigenvalue weighted by molar-refractivity contribution is 5.29. The maximum absolute atomic E-state index is 14.8. The highest BCUT2D eigenvalue weighted by atomic mass is 19.2. The molecule has 1 aromatic carbocycles. The van der Waals surface area contributed by atoms with Gasteiger partial charge in [0.05, 0.1) is 0 Å². The molecule has 34 heavy (non-hydrogen) atoms. The van der Waals surface area contributed by atoms with Crippen LogP contribution in [0.2, 0.25) is 0 Å². The van der Waals surface area contributed by atoms with Crippen LogP contribution >= 0.6 is 0 Å². The van der Waals surface area contributed by atoms with Crippen LogP contribution in [0.3, 0.4) is 0 Å². The summed E-state index contributed by atoms with van der Waals surface area (Å²) in [5.41, 5.74) is 1.18. The molecule has 0 unspecified atom stereocenters. The van der Waals surface area contributed by atoms with Gasteiger partial charge in [-0.3, -0.25) is 0 Å². The normalized spacial score (nSPS) is 32.6. The van der Waals surface area contributed by atoms with Gasteiger partial charge in [-0.05, 0) is 91.6 Å². The third-order valence-electron chi connectivity index (χ3n) is 10.1. The Morgan fingerprint density at radius 2 is 1.09 bits per heavy atom. The van der Waals surface area contributed by atoms with Gasteiger partial charge in [-0.2, -0.15) is 0 Å². The Balaban J connectivity index is 1.17. The van der Waals surface area contributed by atoms with E-state index in [4.69, 9.17) is 0 Å². The van der Waals surface area contributed by atoms with Crippen LogP contribution in [0.5, 0.6) is 0 Å². The molecule has 0 aromatic heterocycles. The van der Waals surface area contributed by atoms with Gasteiger partial charge < -0.3 is 0 Å². The lowest BCUT2D eigenvalue weighted by Gasteiger charge is -2.38. The molecule has 0 N–H and O–H groups in total. The molecule has 0 aliphatic heterocycles. The van der Waals surface area contributed by atoms with Gasteiger partial charge in [-0.15, -0.1) is 0 Å². The fraction of sp³-hybridized carbons (Fsp3) is 0.812. The highest BCUT2D eigenvalue weighted by Gasteiger charge is 2.33. The van der Waals surface area contributed by atoms with Crippen molar-refractivity contribution in [3.8, 4) is 0 Å². The molecule has 0 heterocycles. The first-order valence-electron chi connectivity index (χ1n) is 15.1. The summed E-state index contributed by atoms with van der Waals surface area (Å²) in [5, 5.41) is 0. The SMILES string of the molecule is CCCc1ccc(C2CCC(C3CCC(CCC4CCC(CCC)CC4)CC3)CC2)c(F)c1F. The first-order valence-corrected chi connectivity index (χ1v) is 15.1. The smallest absolute Gasteiger partial charge is 0.162 e. The zero-order chi connectivity index (χ0) is 23.9. The molecule has 192 valence electrons. The van der Waals surface area contributed by atoms with Crippen LogP contribution in [0.1, 0.15) is 140 Å². The van der Waals surface area contributed by atoms with E-state index in [-0.39, 0.29) is 5.92 Å². The Labute approximate surface area is 208 Å². The quantitative estimate of drug-likeness (QED) is 0.335. The lowest BCUT2D eigenvalue weighted by molar-refractivity contribution is 0.149. The Morgan fingerprint density at radius 1 is 0.588 bits per heavy atom. The second-order valence-corrected chi connectivity index (χ2v) is 12.3. The Bertz CT molecular complexity index is 732. The largest absolute Gasteiger partial charge is 0.203 e. The first-order chi connectivity index (χ1) is 16.6. The predicted octanol–water partition coefficient (Wildman–Crippen LogP) is 10.4. The van der Waals surface area contributed by atoms with E-state index >= 15 is 0 Å². The van der Waals surface area contributed by atoms with Gasteiger partial charge in [0.1, 0.15) is 0 Å². The molecule has 0 spiro atoms. The molecule has 3 aliphatic carbocycles. The molecule has 4 rings (SSSR count). The minimum absolute atomic E-state index is 0.213. The molecule has 1 aromatic rings. The van der Waals surface area contributed by atoms with Crippen LogP contribution in [0.25, 0.3) is 0 Å². The molecule has 0 saturated heterocycles. The topological polar surface area (TPSA) is 0 Å². The summed E-state index contributed by atoms with van der Waals surface area (Å²) in [7, 11) is 0. The first kappa shape index (κ1) is 26.2. The van der Waals surface area contributed by atoms with Gasteiger partial charge in [-0.1, -0.05) is 96.6 Å². The van der Waals surface area contributed by atoms with Crippen molar-refractivity contribution in [2.75, 3.05) is 0 Å².